The number of carbonyl (C=O) groups excluding carboxylic acids is 2. The first-order valence-corrected chi connectivity index (χ1v) is 4.46. The highest BCUT2D eigenvalue weighted by Crippen LogP contribution is 2.15. The molecular formula is C11H9NO3. The Bertz CT molecular complexity index is 528. The predicted molar refractivity (Wildman–Crippen MR) is 54.6 cm³/mol. The molecule has 0 aliphatic heterocycles. The summed E-state index contributed by atoms with van der Waals surface area (Å²) in [5, 5.41) is 0.918. The number of aromatic nitrogens is 1. The van der Waals surface area contributed by atoms with Crippen LogP contribution in [-0.4, -0.2) is 17.0 Å². The predicted octanol–water partition coefficient (Wildman–Crippen LogP) is 1.43. The molecule has 0 fully saturated rings. The Balaban J connectivity index is 2.55. The Morgan fingerprint density at radius 2 is 2.20 bits per heavy atom. The molecule has 0 atom stereocenters. The molecule has 76 valence electrons. The molecule has 0 spiro atoms. The van der Waals surface area contributed by atoms with E-state index in [0.717, 1.165) is 11.7 Å². The number of hydrogen-bond acceptors (Lipinski definition) is 3. The molecule has 2 rings (SSSR count). The van der Waals surface area contributed by atoms with Gasteiger partial charge in [-0.2, -0.15) is 4.73 Å². The third-order valence-corrected chi connectivity index (χ3v) is 2.04. The first-order valence-electron chi connectivity index (χ1n) is 4.46. The Labute approximate surface area is 86.0 Å². The standard InChI is InChI=1S/C11H9NO3/c1-8(14)15-12-5-4-10-3-2-9(7-13)6-11(10)12/h2-7H,1H3. The number of rotatable bonds is 2. The van der Waals surface area contributed by atoms with Crippen LogP contribution in [0.4, 0.5) is 0 Å². The van der Waals surface area contributed by atoms with E-state index in [0.29, 0.717) is 11.1 Å². The van der Waals surface area contributed by atoms with E-state index in [9.17, 15) is 9.59 Å². The van der Waals surface area contributed by atoms with Crippen LogP contribution in [0.2, 0.25) is 0 Å². The number of fused-ring (bicyclic) bond motifs is 1. The summed E-state index contributed by atoms with van der Waals surface area (Å²) in [5.74, 6) is -0.399. The maximum atomic E-state index is 10.8. The van der Waals surface area contributed by atoms with Gasteiger partial charge in [0, 0.05) is 24.1 Å². The summed E-state index contributed by atoms with van der Waals surface area (Å²) < 4.78 is 1.35. The zero-order valence-corrected chi connectivity index (χ0v) is 8.14. The Morgan fingerprint density at radius 1 is 1.40 bits per heavy atom. The van der Waals surface area contributed by atoms with E-state index in [-0.39, 0.29) is 0 Å². The normalized spacial score (nSPS) is 10.2. The van der Waals surface area contributed by atoms with Crippen LogP contribution in [0, 0.1) is 0 Å². The molecule has 0 unspecified atom stereocenters. The minimum atomic E-state index is -0.399. The van der Waals surface area contributed by atoms with E-state index >= 15 is 0 Å². The molecule has 0 saturated heterocycles. The molecule has 0 aliphatic rings. The maximum absolute atomic E-state index is 10.8. The van der Waals surface area contributed by atoms with Crippen LogP contribution in [-0.2, 0) is 4.79 Å². The number of benzene rings is 1. The molecule has 0 amide bonds. The van der Waals surface area contributed by atoms with Crippen molar-refractivity contribution in [1.29, 1.82) is 0 Å². The Morgan fingerprint density at radius 3 is 2.87 bits per heavy atom. The summed E-state index contributed by atoms with van der Waals surface area (Å²) in [7, 11) is 0. The SMILES string of the molecule is CC(=O)On1ccc2ccc(C=O)cc21. The van der Waals surface area contributed by atoms with Crippen LogP contribution < -0.4 is 4.84 Å². The van der Waals surface area contributed by atoms with E-state index < -0.39 is 5.97 Å². The van der Waals surface area contributed by atoms with E-state index in [1.807, 2.05) is 6.07 Å². The summed E-state index contributed by atoms with van der Waals surface area (Å²) in [6, 6.07) is 7.00. The van der Waals surface area contributed by atoms with Gasteiger partial charge in [0.1, 0.15) is 6.29 Å². The van der Waals surface area contributed by atoms with Crippen molar-refractivity contribution in [3.05, 3.63) is 36.0 Å². The highest BCUT2D eigenvalue weighted by molar-refractivity contribution is 5.87. The number of nitrogens with zero attached hydrogens (tertiary/aromatic N) is 1. The fourth-order valence-electron chi connectivity index (χ4n) is 1.41. The second-order valence-electron chi connectivity index (χ2n) is 3.16. The van der Waals surface area contributed by atoms with Crippen molar-refractivity contribution < 1.29 is 14.4 Å². The zero-order chi connectivity index (χ0) is 10.8. The quantitative estimate of drug-likeness (QED) is 0.693. The fraction of sp³-hybridized carbons (Fsp3) is 0.0909. The summed E-state index contributed by atoms with van der Waals surface area (Å²) >= 11 is 0. The van der Waals surface area contributed by atoms with Crippen molar-refractivity contribution >= 4 is 23.2 Å². The summed E-state index contributed by atoms with van der Waals surface area (Å²) in [4.78, 5) is 26.3. The monoisotopic (exact) mass is 203 g/mol. The second-order valence-corrected chi connectivity index (χ2v) is 3.16. The first kappa shape index (κ1) is 9.45. The van der Waals surface area contributed by atoms with Gasteiger partial charge >= 0.3 is 5.97 Å². The van der Waals surface area contributed by atoms with Crippen molar-refractivity contribution in [2.45, 2.75) is 6.92 Å². The largest absolute Gasteiger partial charge is 0.337 e. The molecule has 2 aromatic rings. The zero-order valence-electron chi connectivity index (χ0n) is 8.14. The maximum Gasteiger partial charge on any atom is 0.329 e. The van der Waals surface area contributed by atoms with Gasteiger partial charge in [-0.05, 0) is 12.1 Å². The molecule has 0 saturated carbocycles. The van der Waals surface area contributed by atoms with Gasteiger partial charge in [0.05, 0.1) is 5.52 Å². The smallest absolute Gasteiger partial charge is 0.329 e. The second kappa shape index (κ2) is 3.57. The number of carbonyl (C=O) groups is 2. The molecule has 0 N–H and O–H groups in total. The van der Waals surface area contributed by atoms with E-state index in [2.05, 4.69) is 0 Å². The van der Waals surface area contributed by atoms with Crippen LogP contribution in [0.3, 0.4) is 0 Å². The third kappa shape index (κ3) is 1.74. The highest BCUT2D eigenvalue weighted by atomic mass is 16.7. The highest BCUT2D eigenvalue weighted by Gasteiger charge is 2.04. The van der Waals surface area contributed by atoms with Crippen molar-refractivity contribution in [3.63, 3.8) is 0 Å². The minimum Gasteiger partial charge on any atom is -0.337 e. The van der Waals surface area contributed by atoms with Gasteiger partial charge in [-0.3, -0.25) is 4.79 Å². The van der Waals surface area contributed by atoms with Gasteiger partial charge in [-0.1, -0.05) is 12.1 Å². The molecule has 1 aromatic carbocycles. The summed E-state index contributed by atoms with van der Waals surface area (Å²) in [6.45, 7) is 1.33. The van der Waals surface area contributed by atoms with Crippen LogP contribution in [0.25, 0.3) is 10.9 Å². The lowest BCUT2D eigenvalue weighted by molar-refractivity contribution is -0.140. The van der Waals surface area contributed by atoms with Crippen molar-refractivity contribution in [2.75, 3.05) is 0 Å². The lowest BCUT2D eigenvalue weighted by Gasteiger charge is -2.03. The Kier molecular flexibility index (Phi) is 2.25. The fourth-order valence-corrected chi connectivity index (χ4v) is 1.41. The lowest BCUT2D eigenvalue weighted by Crippen LogP contribution is -2.15. The van der Waals surface area contributed by atoms with Crippen molar-refractivity contribution in [2.24, 2.45) is 0 Å². The Hall–Kier alpha value is -2.10. The van der Waals surface area contributed by atoms with Gasteiger partial charge in [0.25, 0.3) is 0 Å². The third-order valence-electron chi connectivity index (χ3n) is 2.04. The van der Waals surface area contributed by atoms with Crippen LogP contribution in [0.15, 0.2) is 30.5 Å². The van der Waals surface area contributed by atoms with E-state index in [1.54, 1.807) is 24.4 Å². The molecular weight excluding hydrogens is 194 g/mol. The number of hydrogen-bond donors (Lipinski definition) is 0. The van der Waals surface area contributed by atoms with Crippen molar-refractivity contribution in [3.8, 4) is 0 Å². The topological polar surface area (TPSA) is 48.3 Å². The first-order chi connectivity index (χ1) is 7.20. The van der Waals surface area contributed by atoms with Crippen molar-refractivity contribution in [1.82, 2.24) is 4.73 Å². The molecule has 0 bridgehead atoms. The van der Waals surface area contributed by atoms with E-state index in [1.165, 1.54) is 11.7 Å². The van der Waals surface area contributed by atoms with Gasteiger partial charge in [-0.25, -0.2) is 4.79 Å². The molecule has 1 heterocycles. The van der Waals surface area contributed by atoms with Gasteiger partial charge in [0.2, 0.25) is 0 Å². The van der Waals surface area contributed by atoms with Gasteiger partial charge in [0.15, 0.2) is 0 Å². The summed E-state index contributed by atoms with van der Waals surface area (Å²) in [6.07, 6.45) is 2.39. The lowest BCUT2D eigenvalue weighted by atomic mass is 10.2. The average molecular weight is 203 g/mol. The molecule has 4 heteroatoms. The molecule has 1 aromatic heterocycles. The number of aldehydes is 1. The molecule has 4 nitrogen and oxygen atoms in total. The van der Waals surface area contributed by atoms with Gasteiger partial charge in [-0.15, -0.1) is 0 Å². The molecule has 0 aliphatic carbocycles. The molecule has 15 heavy (non-hydrogen) atoms. The van der Waals surface area contributed by atoms with Crippen LogP contribution in [0.1, 0.15) is 17.3 Å². The van der Waals surface area contributed by atoms with E-state index in [4.69, 9.17) is 4.84 Å². The molecule has 0 radical (unpaired) electrons. The minimum absolute atomic E-state index is 0.399. The van der Waals surface area contributed by atoms with Crippen LogP contribution >= 0.6 is 0 Å². The van der Waals surface area contributed by atoms with Crippen LogP contribution in [0.5, 0.6) is 0 Å². The van der Waals surface area contributed by atoms with Gasteiger partial charge < -0.3 is 4.84 Å². The average Bonchev–Trinajstić information content (AvgIpc) is 2.60. The summed E-state index contributed by atoms with van der Waals surface area (Å²) in [5.41, 5.74) is 1.25.